The number of allylic oxidation sites excluding steroid dienone is 1. The maximum atomic E-state index is 11.0. The third kappa shape index (κ3) is 3.63. The number of nitro groups is 1. The van der Waals surface area contributed by atoms with Crippen LogP contribution in [0.4, 0.5) is 5.69 Å². The Balaban J connectivity index is 1.88. The fourth-order valence-electron chi connectivity index (χ4n) is 2.38. The SMILES string of the molecule is C=CCn1c(SC(C)c2cccc([N+](=O)[O-])c2)nnc1-c1ccco1. The van der Waals surface area contributed by atoms with Crippen molar-refractivity contribution in [1.29, 1.82) is 0 Å². The van der Waals surface area contributed by atoms with Gasteiger partial charge < -0.3 is 4.42 Å². The van der Waals surface area contributed by atoms with Crippen molar-refractivity contribution in [2.24, 2.45) is 0 Å². The number of aromatic nitrogens is 3. The molecule has 1 aromatic carbocycles. The number of benzene rings is 1. The van der Waals surface area contributed by atoms with Gasteiger partial charge in [-0.05, 0) is 24.6 Å². The molecule has 0 aliphatic heterocycles. The third-order valence-electron chi connectivity index (χ3n) is 3.60. The van der Waals surface area contributed by atoms with Crippen LogP contribution in [0.25, 0.3) is 11.6 Å². The van der Waals surface area contributed by atoms with Crippen LogP contribution in [0.15, 0.2) is 64.9 Å². The van der Waals surface area contributed by atoms with Gasteiger partial charge >= 0.3 is 0 Å². The Morgan fingerprint density at radius 2 is 2.24 bits per heavy atom. The van der Waals surface area contributed by atoms with Crippen molar-refractivity contribution in [3.8, 4) is 11.6 Å². The number of nitrogens with zero attached hydrogens (tertiary/aromatic N) is 4. The smallest absolute Gasteiger partial charge is 0.269 e. The average Bonchev–Trinajstić information content (AvgIpc) is 3.26. The Morgan fingerprint density at radius 3 is 2.92 bits per heavy atom. The molecule has 0 saturated heterocycles. The van der Waals surface area contributed by atoms with Crippen LogP contribution in [0.2, 0.25) is 0 Å². The van der Waals surface area contributed by atoms with Crippen LogP contribution in [0.5, 0.6) is 0 Å². The molecule has 0 saturated carbocycles. The van der Waals surface area contributed by atoms with Gasteiger partial charge in [-0.1, -0.05) is 30.0 Å². The van der Waals surface area contributed by atoms with Crippen molar-refractivity contribution in [3.05, 3.63) is 71.0 Å². The fraction of sp³-hybridized carbons (Fsp3) is 0.176. The summed E-state index contributed by atoms with van der Waals surface area (Å²) < 4.78 is 7.32. The first-order valence-corrected chi connectivity index (χ1v) is 8.47. The minimum atomic E-state index is -0.393. The molecular formula is C17H16N4O3S. The average molecular weight is 356 g/mol. The lowest BCUT2D eigenvalue weighted by atomic mass is 10.1. The zero-order valence-corrected chi connectivity index (χ0v) is 14.3. The zero-order chi connectivity index (χ0) is 17.8. The highest BCUT2D eigenvalue weighted by molar-refractivity contribution is 7.99. The summed E-state index contributed by atoms with van der Waals surface area (Å²) in [5, 5.41) is 20.1. The predicted molar refractivity (Wildman–Crippen MR) is 95.3 cm³/mol. The molecule has 2 heterocycles. The monoisotopic (exact) mass is 356 g/mol. The van der Waals surface area contributed by atoms with Crippen LogP contribution in [-0.4, -0.2) is 19.7 Å². The van der Waals surface area contributed by atoms with Gasteiger partial charge in [0.25, 0.3) is 5.69 Å². The van der Waals surface area contributed by atoms with E-state index < -0.39 is 4.92 Å². The first-order valence-electron chi connectivity index (χ1n) is 7.59. The number of rotatable bonds is 7. The van der Waals surface area contributed by atoms with E-state index in [2.05, 4.69) is 16.8 Å². The molecule has 0 spiro atoms. The van der Waals surface area contributed by atoms with E-state index in [1.54, 1.807) is 30.5 Å². The summed E-state index contributed by atoms with van der Waals surface area (Å²) in [6.45, 7) is 6.29. The molecule has 3 aromatic rings. The molecule has 0 N–H and O–H groups in total. The van der Waals surface area contributed by atoms with Crippen molar-refractivity contribution >= 4 is 17.4 Å². The highest BCUT2D eigenvalue weighted by Gasteiger charge is 2.19. The normalized spacial score (nSPS) is 12.0. The molecule has 128 valence electrons. The summed E-state index contributed by atoms with van der Waals surface area (Å²) in [4.78, 5) is 10.6. The second-order valence-electron chi connectivity index (χ2n) is 5.29. The molecular weight excluding hydrogens is 340 g/mol. The van der Waals surface area contributed by atoms with Gasteiger partial charge in [-0.3, -0.25) is 14.7 Å². The lowest BCUT2D eigenvalue weighted by Crippen LogP contribution is -2.01. The van der Waals surface area contributed by atoms with E-state index in [4.69, 9.17) is 4.42 Å². The van der Waals surface area contributed by atoms with Crippen molar-refractivity contribution in [1.82, 2.24) is 14.8 Å². The summed E-state index contributed by atoms with van der Waals surface area (Å²) in [6.07, 6.45) is 3.35. The van der Waals surface area contributed by atoms with Gasteiger partial charge in [0.2, 0.25) is 5.82 Å². The van der Waals surface area contributed by atoms with Crippen LogP contribution in [-0.2, 0) is 6.54 Å². The molecule has 3 rings (SSSR count). The van der Waals surface area contributed by atoms with Crippen LogP contribution in [0.3, 0.4) is 0 Å². The molecule has 0 fully saturated rings. The molecule has 0 aliphatic carbocycles. The molecule has 0 bridgehead atoms. The maximum absolute atomic E-state index is 11.0. The minimum Gasteiger partial charge on any atom is -0.461 e. The quantitative estimate of drug-likeness (QED) is 0.268. The van der Waals surface area contributed by atoms with Crippen LogP contribution < -0.4 is 0 Å². The second kappa shape index (κ2) is 7.35. The van der Waals surface area contributed by atoms with Gasteiger partial charge in [0.1, 0.15) is 0 Å². The minimum absolute atomic E-state index is 0.0304. The van der Waals surface area contributed by atoms with Gasteiger partial charge in [-0.15, -0.1) is 16.8 Å². The van der Waals surface area contributed by atoms with E-state index in [-0.39, 0.29) is 10.9 Å². The summed E-state index contributed by atoms with van der Waals surface area (Å²) in [6, 6.07) is 10.2. The highest BCUT2D eigenvalue weighted by atomic mass is 32.2. The first kappa shape index (κ1) is 17.0. The molecule has 2 aromatic heterocycles. The Labute approximate surface area is 148 Å². The van der Waals surface area contributed by atoms with Crippen molar-refractivity contribution in [2.45, 2.75) is 23.9 Å². The van der Waals surface area contributed by atoms with Gasteiger partial charge in [-0.25, -0.2) is 0 Å². The van der Waals surface area contributed by atoms with Crippen LogP contribution in [0.1, 0.15) is 17.7 Å². The molecule has 25 heavy (non-hydrogen) atoms. The van der Waals surface area contributed by atoms with Crippen LogP contribution in [0, 0.1) is 10.1 Å². The standard InChI is InChI=1S/C17H16N4O3S/c1-3-9-20-16(15-8-5-10-24-15)18-19-17(20)25-12(2)13-6-4-7-14(11-13)21(22)23/h3-8,10-12H,1,9H2,2H3. The molecule has 0 amide bonds. The van der Waals surface area contributed by atoms with E-state index >= 15 is 0 Å². The molecule has 1 atom stereocenters. The number of hydrogen-bond acceptors (Lipinski definition) is 6. The van der Waals surface area contributed by atoms with Gasteiger partial charge in [0.05, 0.1) is 11.2 Å². The van der Waals surface area contributed by atoms with Gasteiger partial charge in [-0.2, -0.15) is 0 Å². The lowest BCUT2D eigenvalue weighted by Gasteiger charge is -2.12. The molecule has 8 heteroatoms. The lowest BCUT2D eigenvalue weighted by molar-refractivity contribution is -0.384. The molecule has 7 nitrogen and oxygen atoms in total. The van der Waals surface area contributed by atoms with E-state index in [1.165, 1.54) is 17.8 Å². The van der Waals surface area contributed by atoms with Crippen molar-refractivity contribution < 1.29 is 9.34 Å². The van der Waals surface area contributed by atoms with E-state index in [0.29, 0.717) is 23.3 Å². The number of hydrogen-bond donors (Lipinski definition) is 0. The van der Waals surface area contributed by atoms with Crippen molar-refractivity contribution in [2.75, 3.05) is 0 Å². The number of non-ortho nitro benzene ring substituents is 1. The largest absolute Gasteiger partial charge is 0.461 e. The Kier molecular flexibility index (Phi) is 4.99. The Morgan fingerprint density at radius 1 is 1.40 bits per heavy atom. The van der Waals surface area contributed by atoms with Crippen molar-refractivity contribution in [3.63, 3.8) is 0 Å². The molecule has 0 aliphatic rings. The topological polar surface area (TPSA) is 87.0 Å². The van der Waals surface area contributed by atoms with E-state index in [0.717, 1.165) is 5.56 Å². The Hall–Kier alpha value is -2.87. The summed E-state index contributed by atoms with van der Waals surface area (Å²) in [7, 11) is 0. The number of furan rings is 1. The zero-order valence-electron chi connectivity index (χ0n) is 13.5. The maximum Gasteiger partial charge on any atom is 0.269 e. The number of nitro benzene ring substituents is 1. The highest BCUT2D eigenvalue weighted by Crippen LogP contribution is 2.36. The summed E-state index contributed by atoms with van der Waals surface area (Å²) in [5.74, 6) is 1.25. The predicted octanol–water partition coefficient (Wildman–Crippen LogP) is 4.49. The second-order valence-corrected chi connectivity index (χ2v) is 6.60. The van der Waals surface area contributed by atoms with Gasteiger partial charge in [0.15, 0.2) is 10.9 Å². The van der Waals surface area contributed by atoms with E-state index in [9.17, 15) is 10.1 Å². The Bertz CT molecular complexity index is 889. The summed E-state index contributed by atoms with van der Waals surface area (Å²) in [5.41, 5.74) is 0.931. The van der Waals surface area contributed by atoms with E-state index in [1.807, 2.05) is 23.6 Å². The van der Waals surface area contributed by atoms with Crippen LogP contribution >= 0.6 is 11.8 Å². The summed E-state index contributed by atoms with van der Waals surface area (Å²) >= 11 is 1.48. The molecule has 1 unspecified atom stereocenters. The third-order valence-corrected chi connectivity index (χ3v) is 4.74. The molecule has 0 radical (unpaired) electrons. The first-order chi connectivity index (χ1) is 12.1. The number of thioether (sulfide) groups is 1. The fourth-order valence-corrected chi connectivity index (χ4v) is 3.35. The van der Waals surface area contributed by atoms with Gasteiger partial charge in [0, 0.05) is 23.9 Å².